The molecule has 2 aromatic carbocycles. The van der Waals surface area contributed by atoms with E-state index in [2.05, 4.69) is 0 Å². The van der Waals surface area contributed by atoms with Crippen molar-refractivity contribution in [3.63, 3.8) is 0 Å². The van der Waals surface area contributed by atoms with Gasteiger partial charge in [-0.05, 0) is 42.8 Å². The standard InChI is InChI=1S/C18H20O5/c1-20-14-9-11-15(12-10-14)23-18(19)8-5-13-22-17-7-4-3-6-16(17)21-2/h3-4,6-7,9-12H,5,8,13H2,1-2H3. The summed E-state index contributed by atoms with van der Waals surface area (Å²) in [5, 5.41) is 0. The average Bonchev–Trinajstić information content (AvgIpc) is 2.59. The Hall–Kier alpha value is -2.69. The molecule has 0 heterocycles. The lowest BCUT2D eigenvalue weighted by atomic mass is 10.3. The fourth-order valence-corrected chi connectivity index (χ4v) is 1.96. The molecule has 0 atom stereocenters. The fourth-order valence-electron chi connectivity index (χ4n) is 1.96. The molecule has 5 nitrogen and oxygen atoms in total. The summed E-state index contributed by atoms with van der Waals surface area (Å²) < 4.78 is 21.1. The lowest BCUT2D eigenvalue weighted by molar-refractivity contribution is -0.134. The van der Waals surface area contributed by atoms with Crippen molar-refractivity contribution in [2.24, 2.45) is 0 Å². The zero-order valence-corrected chi connectivity index (χ0v) is 13.3. The lowest BCUT2D eigenvalue weighted by Crippen LogP contribution is -2.10. The van der Waals surface area contributed by atoms with Crippen molar-refractivity contribution in [3.05, 3.63) is 48.5 Å². The van der Waals surface area contributed by atoms with Crippen LogP contribution in [0.1, 0.15) is 12.8 Å². The Kier molecular flexibility index (Phi) is 6.29. The lowest BCUT2D eigenvalue weighted by Gasteiger charge is -2.10. The zero-order valence-electron chi connectivity index (χ0n) is 13.3. The molecular formula is C18H20O5. The van der Waals surface area contributed by atoms with Crippen LogP contribution in [0.4, 0.5) is 0 Å². The molecule has 0 aliphatic carbocycles. The SMILES string of the molecule is COc1ccc(OC(=O)CCCOc2ccccc2OC)cc1. The minimum Gasteiger partial charge on any atom is -0.497 e. The first kappa shape index (κ1) is 16.7. The topological polar surface area (TPSA) is 54.0 Å². The Morgan fingerprint density at radius 2 is 1.52 bits per heavy atom. The van der Waals surface area contributed by atoms with Crippen LogP contribution >= 0.6 is 0 Å². The molecule has 0 aliphatic rings. The van der Waals surface area contributed by atoms with E-state index in [4.69, 9.17) is 18.9 Å². The molecule has 0 aliphatic heterocycles. The maximum atomic E-state index is 11.8. The summed E-state index contributed by atoms with van der Waals surface area (Å²) in [6, 6.07) is 14.3. The van der Waals surface area contributed by atoms with Gasteiger partial charge in [-0.2, -0.15) is 0 Å². The summed E-state index contributed by atoms with van der Waals surface area (Å²) in [5.41, 5.74) is 0. The number of carbonyl (C=O) groups excluding carboxylic acids is 1. The van der Waals surface area contributed by atoms with Crippen molar-refractivity contribution in [1.82, 2.24) is 0 Å². The van der Waals surface area contributed by atoms with Crippen molar-refractivity contribution in [3.8, 4) is 23.0 Å². The van der Waals surface area contributed by atoms with Crippen LogP contribution in [0, 0.1) is 0 Å². The summed E-state index contributed by atoms with van der Waals surface area (Å²) in [5.74, 6) is 2.27. The number of rotatable bonds is 8. The molecule has 122 valence electrons. The molecule has 0 spiro atoms. The molecule has 0 saturated heterocycles. The molecule has 2 rings (SSSR count). The summed E-state index contributed by atoms with van der Waals surface area (Å²) in [6.45, 7) is 0.415. The second kappa shape index (κ2) is 8.68. The maximum absolute atomic E-state index is 11.8. The van der Waals surface area contributed by atoms with E-state index in [1.165, 1.54) is 0 Å². The summed E-state index contributed by atoms with van der Waals surface area (Å²) >= 11 is 0. The largest absolute Gasteiger partial charge is 0.497 e. The molecule has 2 aromatic rings. The zero-order chi connectivity index (χ0) is 16.5. The number of carbonyl (C=O) groups is 1. The van der Waals surface area contributed by atoms with E-state index in [9.17, 15) is 4.79 Å². The van der Waals surface area contributed by atoms with Crippen LogP contribution in [-0.2, 0) is 4.79 Å². The molecule has 0 unspecified atom stereocenters. The first-order chi connectivity index (χ1) is 11.2. The number of methoxy groups -OCH3 is 2. The number of benzene rings is 2. The smallest absolute Gasteiger partial charge is 0.311 e. The average molecular weight is 316 g/mol. The normalized spacial score (nSPS) is 10.0. The minimum absolute atomic E-state index is 0.279. The van der Waals surface area contributed by atoms with Gasteiger partial charge in [0.05, 0.1) is 20.8 Å². The van der Waals surface area contributed by atoms with Gasteiger partial charge in [0.25, 0.3) is 0 Å². The Morgan fingerprint density at radius 3 is 2.17 bits per heavy atom. The molecular weight excluding hydrogens is 296 g/mol. The molecule has 0 bridgehead atoms. The molecule has 0 amide bonds. The third-order valence-corrected chi connectivity index (χ3v) is 3.14. The molecule has 0 N–H and O–H groups in total. The highest BCUT2D eigenvalue weighted by molar-refractivity contribution is 5.72. The Labute approximate surface area is 135 Å². The number of esters is 1. The Morgan fingerprint density at radius 1 is 0.870 bits per heavy atom. The minimum atomic E-state index is -0.293. The van der Waals surface area contributed by atoms with E-state index in [-0.39, 0.29) is 12.4 Å². The highest BCUT2D eigenvalue weighted by atomic mass is 16.5. The van der Waals surface area contributed by atoms with Gasteiger partial charge in [0, 0.05) is 6.42 Å². The van der Waals surface area contributed by atoms with Crippen molar-refractivity contribution >= 4 is 5.97 Å². The van der Waals surface area contributed by atoms with Gasteiger partial charge in [-0.15, -0.1) is 0 Å². The predicted octanol–water partition coefficient (Wildman–Crippen LogP) is 3.47. The van der Waals surface area contributed by atoms with Crippen molar-refractivity contribution < 1.29 is 23.7 Å². The molecule has 0 radical (unpaired) electrons. The highest BCUT2D eigenvalue weighted by Gasteiger charge is 2.07. The van der Waals surface area contributed by atoms with Crippen molar-refractivity contribution in [2.45, 2.75) is 12.8 Å². The monoisotopic (exact) mass is 316 g/mol. The quantitative estimate of drug-likeness (QED) is 0.424. The third kappa shape index (κ3) is 5.21. The van der Waals surface area contributed by atoms with Crippen LogP contribution in [0.25, 0.3) is 0 Å². The Bertz CT molecular complexity index is 622. The van der Waals surface area contributed by atoms with Gasteiger partial charge < -0.3 is 18.9 Å². The molecule has 0 fully saturated rings. The van der Waals surface area contributed by atoms with Crippen LogP contribution in [-0.4, -0.2) is 26.8 Å². The van der Waals surface area contributed by atoms with Gasteiger partial charge in [-0.3, -0.25) is 4.79 Å². The molecule has 0 saturated carbocycles. The van der Waals surface area contributed by atoms with E-state index < -0.39 is 0 Å². The summed E-state index contributed by atoms with van der Waals surface area (Å²) in [6.07, 6.45) is 0.841. The maximum Gasteiger partial charge on any atom is 0.311 e. The first-order valence-electron chi connectivity index (χ1n) is 7.33. The van der Waals surface area contributed by atoms with Crippen LogP contribution in [0.2, 0.25) is 0 Å². The Balaban J connectivity index is 1.72. The van der Waals surface area contributed by atoms with Gasteiger partial charge in [0.1, 0.15) is 11.5 Å². The van der Waals surface area contributed by atoms with E-state index in [0.29, 0.717) is 30.3 Å². The van der Waals surface area contributed by atoms with Gasteiger partial charge in [-0.25, -0.2) is 0 Å². The first-order valence-corrected chi connectivity index (χ1v) is 7.33. The molecule has 0 aromatic heterocycles. The van der Waals surface area contributed by atoms with Gasteiger partial charge in [0.15, 0.2) is 11.5 Å². The predicted molar refractivity (Wildman–Crippen MR) is 86.4 cm³/mol. The fraction of sp³-hybridized carbons (Fsp3) is 0.278. The third-order valence-electron chi connectivity index (χ3n) is 3.14. The van der Waals surface area contributed by atoms with Crippen LogP contribution < -0.4 is 18.9 Å². The van der Waals surface area contributed by atoms with E-state index in [1.807, 2.05) is 24.3 Å². The molecule has 5 heteroatoms. The van der Waals surface area contributed by atoms with E-state index >= 15 is 0 Å². The van der Waals surface area contributed by atoms with Gasteiger partial charge >= 0.3 is 5.97 Å². The number of hydrogen-bond acceptors (Lipinski definition) is 5. The summed E-state index contributed by atoms with van der Waals surface area (Å²) in [7, 11) is 3.18. The van der Waals surface area contributed by atoms with E-state index in [1.54, 1.807) is 38.5 Å². The number of hydrogen-bond donors (Lipinski definition) is 0. The number of para-hydroxylation sites is 2. The second-order valence-corrected chi connectivity index (χ2v) is 4.75. The summed E-state index contributed by atoms with van der Waals surface area (Å²) in [4.78, 5) is 11.8. The number of ether oxygens (including phenoxy) is 4. The van der Waals surface area contributed by atoms with Gasteiger partial charge in [0.2, 0.25) is 0 Å². The van der Waals surface area contributed by atoms with Crippen LogP contribution in [0.15, 0.2) is 48.5 Å². The highest BCUT2D eigenvalue weighted by Crippen LogP contribution is 2.25. The van der Waals surface area contributed by atoms with E-state index in [0.717, 1.165) is 5.75 Å². The van der Waals surface area contributed by atoms with Gasteiger partial charge in [-0.1, -0.05) is 12.1 Å². The van der Waals surface area contributed by atoms with Crippen molar-refractivity contribution in [1.29, 1.82) is 0 Å². The molecule has 23 heavy (non-hydrogen) atoms. The van der Waals surface area contributed by atoms with Crippen molar-refractivity contribution in [2.75, 3.05) is 20.8 Å². The van der Waals surface area contributed by atoms with Crippen LogP contribution in [0.5, 0.6) is 23.0 Å². The van der Waals surface area contributed by atoms with Crippen LogP contribution in [0.3, 0.4) is 0 Å². The second-order valence-electron chi connectivity index (χ2n) is 4.75.